The van der Waals surface area contributed by atoms with Gasteiger partial charge in [-0.25, -0.2) is 0 Å². The third-order valence-corrected chi connectivity index (χ3v) is 14.0. The first-order chi connectivity index (χ1) is 23.2. The van der Waals surface area contributed by atoms with Gasteiger partial charge in [-0.3, -0.25) is 0 Å². The molecule has 0 bridgehead atoms. The zero-order valence-electron chi connectivity index (χ0n) is 30.5. The fourth-order valence-corrected chi connectivity index (χ4v) is 12.2. The maximum Gasteiger partial charge on any atom is 0.00878 e. The lowest BCUT2D eigenvalue weighted by Crippen LogP contribution is -2.23. The first-order valence-electron chi connectivity index (χ1n) is 18.5. The van der Waals surface area contributed by atoms with Crippen LogP contribution in [0.3, 0.4) is 0 Å². The van der Waals surface area contributed by atoms with Crippen molar-refractivity contribution in [1.29, 1.82) is 0 Å². The Morgan fingerprint density at radius 1 is 0.417 bits per heavy atom. The molecule has 0 nitrogen and oxygen atoms in total. The van der Waals surface area contributed by atoms with Crippen molar-refractivity contribution in [3.63, 3.8) is 0 Å². The molecule has 0 aromatic heterocycles. The van der Waals surface area contributed by atoms with Crippen LogP contribution in [0.25, 0.3) is 22.3 Å². The van der Waals surface area contributed by atoms with Gasteiger partial charge in [-0.15, -0.1) is 0 Å². The van der Waals surface area contributed by atoms with Gasteiger partial charge in [-0.05, 0) is 97.5 Å². The number of rotatable bonds is 9. The van der Waals surface area contributed by atoms with E-state index in [1.54, 1.807) is 5.30 Å². The van der Waals surface area contributed by atoms with E-state index in [4.69, 9.17) is 0 Å². The SMILES string of the molecule is CC(C)c1cccc(C(C)C)c1-c1cccc(-c2c(C(C)C)cccc2C(C)C)c1P1C(c2ccccc2)CCCC1c1ccccc1. The van der Waals surface area contributed by atoms with Crippen LogP contribution in [-0.4, -0.2) is 0 Å². The summed E-state index contributed by atoms with van der Waals surface area (Å²) < 4.78 is 0. The van der Waals surface area contributed by atoms with Crippen molar-refractivity contribution in [2.24, 2.45) is 0 Å². The van der Waals surface area contributed by atoms with Gasteiger partial charge in [-0.1, -0.05) is 185 Å². The minimum absolute atomic E-state index is 0.429. The van der Waals surface area contributed by atoms with Crippen LogP contribution in [0, 0.1) is 0 Å². The number of benzene rings is 5. The second-order valence-electron chi connectivity index (χ2n) is 15.1. The Balaban J connectivity index is 1.80. The third kappa shape index (κ3) is 6.71. The first-order valence-corrected chi connectivity index (χ1v) is 19.9. The predicted molar refractivity (Wildman–Crippen MR) is 212 cm³/mol. The average molecular weight is 651 g/mol. The molecule has 1 aliphatic heterocycles. The van der Waals surface area contributed by atoms with E-state index in [0.717, 1.165) is 0 Å². The number of hydrogen-bond donors (Lipinski definition) is 0. The van der Waals surface area contributed by atoms with Gasteiger partial charge in [-0.2, -0.15) is 0 Å². The molecule has 0 N–H and O–H groups in total. The van der Waals surface area contributed by atoms with Gasteiger partial charge in [0, 0.05) is 11.3 Å². The highest BCUT2D eigenvalue weighted by molar-refractivity contribution is 7.67. The minimum atomic E-state index is -0.662. The van der Waals surface area contributed by atoms with Gasteiger partial charge in [0.15, 0.2) is 0 Å². The zero-order chi connectivity index (χ0) is 33.9. The molecule has 0 spiro atoms. The van der Waals surface area contributed by atoms with Crippen molar-refractivity contribution in [3.8, 4) is 22.3 Å². The Morgan fingerprint density at radius 3 is 1.08 bits per heavy atom. The molecule has 2 atom stereocenters. The maximum atomic E-state index is 2.50. The summed E-state index contributed by atoms with van der Waals surface area (Å²) in [7, 11) is -0.662. The van der Waals surface area contributed by atoms with Gasteiger partial charge in [0.2, 0.25) is 0 Å². The van der Waals surface area contributed by atoms with Crippen molar-refractivity contribution >= 4 is 13.2 Å². The first kappa shape index (κ1) is 34.4. The Bertz CT molecular complexity index is 1630. The van der Waals surface area contributed by atoms with E-state index < -0.39 is 7.92 Å². The fraction of sp³-hybridized carbons (Fsp3) is 0.362. The van der Waals surface area contributed by atoms with E-state index in [2.05, 4.69) is 171 Å². The Morgan fingerprint density at radius 2 is 0.750 bits per heavy atom. The molecule has 0 amide bonds. The molecule has 0 radical (unpaired) electrons. The Hall–Kier alpha value is -3.47. The van der Waals surface area contributed by atoms with E-state index >= 15 is 0 Å². The Kier molecular flexibility index (Phi) is 10.7. The van der Waals surface area contributed by atoms with Crippen LogP contribution in [0.5, 0.6) is 0 Å². The topological polar surface area (TPSA) is 0 Å². The molecule has 0 aliphatic carbocycles. The molecule has 1 heterocycles. The lowest BCUT2D eigenvalue weighted by Gasteiger charge is -2.42. The van der Waals surface area contributed by atoms with Crippen molar-refractivity contribution in [2.75, 3.05) is 0 Å². The van der Waals surface area contributed by atoms with Crippen molar-refractivity contribution in [1.82, 2.24) is 0 Å². The van der Waals surface area contributed by atoms with Gasteiger partial charge in [0.05, 0.1) is 0 Å². The normalized spacial score (nSPS) is 18.3. The van der Waals surface area contributed by atoms with E-state index in [-0.39, 0.29) is 0 Å². The van der Waals surface area contributed by atoms with Crippen LogP contribution < -0.4 is 5.30 Å². The second-order valence-corrected chi connectivity index (χ2v) is 17.6. The molecular weight excluding hydrogens is 595 g/mol. The smallest absolute Gasteiger partial charge is 0.00878 e. The van der Waals surface area contributed by atoms with E-state index in [0.29, 0.717) is 35.0 Å². The zero-order valence-corrected chi connectivity index (χ0v) is 31.4. The van der Waals surface area contributed by atoms with E-state index in [1.165, 1.54) is 74.9 Å². The summed E-state index contributed by atoms with van der Waals surface area (Å²) >= 11 is 0. The highest BCUT2D eigenvalue weighted by atomic mass is 31.1. The summed E-state index contributed by atoms with van der Waals surface area (Å²) in [5.74, 6) is 1.72. The molecule has 1 saturated heterocycles. The summed E-state index contributed by atoms with van der Waals surface area (Å²) in [6.07, 6.45) is 3.73. The van der Waals surface area contributed by atoms with Gasteiger partial charge >= 0.3 is 0 Å². The average Bonchev–Trinajstić information content (AvgIpc) is 3.11. The van der Waals surface area contributed by atoms with Crippen LogP contribution in [0.1, 0.15) is 143 Å². The Labute approximate surface area is 292 Å². The molecule has 248 valence electrons. The highest BCUT2D eigenvalue weighted by Crippen LogP contribution is 2.69. The van der Waals surface area contributed by atoms with Crippen molar-refractivity contribution < 1.29 is 0 Å². The molecular formula is C47H55P. The maximum absolute atomic E-state index is 2.50. The van der Waals surface area contributed by atoms with E-state index in [1.807, 2.05) is 0 Å². The van der Waals surface area contributed by atoms with Crippen molar-refractivity contribution in [2.45, 2.75) is 110 Å². The molecule has 5 aromatic rings. The summed E-state index contributed by atoms with van der Waals surface area (Å²) in [5.41, 5.74) is 15.8. The van der Waals surface area contributed by atoms with Gasteiger partial charge < -0.3 is 0 Å². The summed E-state index contributed by atoms with van der Waals surface area (Å²) in [6.45, 7) is 19.0. The lowest BCUT2D eigenvalue weighted by atomic mass is 9.82. The van der Waals surface area contributed by atoms with Crippen LogP contribution in [0.2, 0.25) is 0 Å². The molecule has 1 fully saturated rings. The molecule has 5 aromatic carbocycles. The predicted octanol–water partition coefficient (Wildman–Crippen LogP) is 14.3. The third-order valence-electron chi connectivity index (χ3n) is 10.6. The molecule has 6 rings (SSSR count). The number of hydrogen-bond acceptors (Lipinski definition) is 0. The van der Waals surface area contributed by atoms with Crippen LogP contribution >= 0.6 is 7.92 Å². The molecule has 2 unspecified atom stereocenters. The fourth-order valence-electron chi connectivity index (χ4n) is 8.27. The quantitative estimate of drug-likeness (QED) is 0.139. The summed E-state index contributed by atoms with van der Waals surface area (Å²) in [5, 5.41) is 1.62. The largest absolute Gasteiger partial charge is 0.0622 e. The van der Waals surface area contributed by atoms with Crippen LogP contribution in [0.15, 0.2) is 115 Å². The van der Waals surface area contributed by atoms with Crippen molar-refractivity contribution in [3.05, 3.63) is 149 Å². The lowest BCUT2D eigenvalue weighted by molar-refractivity contribution is 0.616. The minimum Gasteiger partial charge on any atom is -0.0622 e. The molecule has 1 aliphatic rings. The second kappa shape index (κ2) is 15.0. The monoisotopic (exact) mass is 650 g/mol. The highest BCUT2D eigenvalue weighted by Gasteiger charge is 2.39. The summed E-state index contributed by atoms with van der Waals surface area (Å²) in [4.78, 5) is 0. The standard InChI is InChI=1S/C47H55P/c1-31(2)37-23-15-24-38(32(3)4)45(37)41-27-17-28-42(46-39(33(5)6)25-16-26-40(46)34(7)8)47(41)48-43(35-19-11-9-12-20-35)29-18-30-44(48)36-21-13-10-14-22-36/h9-17,19-28,31-34,43-44H,18,29-30H2,1-8H3. The molecule has 0 saturated carbocycles. The summed E-state index contributed by atoms with van der Waals surface area (Å²) in [6, 6.07) is 44.7. The van der Waals surface area contributed by atoms with Crippen LogP contribution in [-0.2, 0) is 0 Å². The van der Waals surface area contributed by atoms with Gasteiger partial charge in [0.1, 0.15) is 0 Å². The van der Waals surface area contributed by atoms with Crippen LogP contribution in [0.4, 0.5) is 0 Å². The van der Waals surface area contributed by atoms with Gasteiger partial charge in [0.25, 0.3) is 0 Å². The van der Waals surface area contributed by atoms with E-state index in [9.17, 15) is 0 Å². The molecule has 48 heavy (non-hydrogen) atoms. The molecule has 1 heteroatoms.